The number of benzene rings is 1. The fourth-order valence-corrected chi connectivity index (χ4v) is 2.67. The molecule has 0 unspecified atom stereocenters. The number of amidine groups is 1. The van der Waals surface area contributed by atoms with Crippen molar-refractivity contribution in [3.05, 3.63) is 51.8 Å². The van der Waals surface area contributed by atoms with Crippen molar-refractivity contribution in [2.24, 2.45) is 4.99 Å². The van der Waals surface area contributed by atoms with E-state index in [1.54, 1.807) is 24.3 Å². The molecule has 0 N–H and O–H groups in total. The minimum atomic E-state index is -0.805. The van der Waals surface area contributed by atoms with Gasteiger partial charge in [-0.05, 0) is 24.3 Å². The van der Waals surface area contributed by atoms with Crippen LogP contribution in [0.25, 0.3) is 0 Å². The Balaban J connectivity index is 0.00000243. The van der Waals surface area contributed by atoms with E-state index in [-0.39, 0.29) is 68.2 Å². The molecule has 2 heterocycles. The number of carbonyl (C=O) groups is 3. The van der Waals surface area contributed by atoms with Crippen LogP contribution < -0.4 is 61.4 Å². The monoisotopic (exact) mass is 443 g/mol. The summed E-state index contributed by atoms with van der Waals surface area (Å²) in [6.07, 6.45) is 1.27. The molecular formula is C16H11BrKN3O5. The number of likely N-dealkylation sites (N-methyl/N-ethyl adjacent to an activating group) is 1. The smallest absolute Gasteiger partial charge is 0.846 e. The standard InChI is InChI=1S/C16H12BrN3O5.K/c1-19-14(22)12(18-16(19)24)11-10(15(23)25-2)7-20(13(11)21)9-5-3-8(17)4-6-9;/h3-7H,1-2H3,(H,18,24);/q;+1/p-1/b12-11+;. The van der Waals surface area contributed by atoms with E-state index in [9.17, 15) is 19.5 Å². The first-order valence-corrected chi connectivity index (χ1v) is 7.82. The summed E-state index contributed by atoms with van der Waals surface area (Å²) in [5, 5.41) is 11.6. The second kappa shape index (κ2) is 8.15. The Morgan fingerprint density at radius 2 is 1.81 bits per heavy atom. The molecule has 8 nitrogen and oxygen atoms in total. The van der Waals surface area contributed by atoms with Crippen LogP contribution in [-0.2, 0) is 19.1 Å². The molecule has 0 aromatic heterocycles. The van der Waals surface area contributed by atoms with Crippen molar-refractivity contribution in [1.82, 2.24) is 4.90 Å². The Morgan fingerprint density at radius 1 is 1.19 bits per heavy atom. The number of esters is 1. The third-order valence-electron chi connectivity index (χ3n) is 3.71. The van der Waals surface area contributed by atoms with Gasteiger partial charge in [-0.25, -0.2) is 9.79 Å². The van der Waals surface area contributed by atoms with Crippen molar-refractivity contribution in [1.29, 1.82) is 0 Å². The van der Waals surface area contributed by atoms with E-state index in [0.717, 1.165) is 16.5 Å². The summed E-state index contributed by atoms with van der Waals surface area (Å²) >= 11 is 3.30. The molecule has 0 atom stereocenters. The van der Waals surface area contributed by atoms with Gasteiger partial charge in [-0.15, -0.1) is 0 Å². The fraction of sp³-hybridized carbons (Fsp3) is 0.125. The summed E-state index contributed by atoms with van der Waals surface area (Å²) < 4.78 is 5.50. The largest absolute Gasteiger partial charge is 1.00 e. The molecule has 0 bridgehead atoms. The quantitative estimate of drug-likeness (QED) is 0.281. The van der Waals surface area contributed by atoms with Crippen LogP contribution in [0.1, 0.15) is 0 Å². The molecule has 0 saturated carbocycles. The molecule has 2 aliphatic rings. The molecule has 1 aromatic carbocycles. The van der Waals surface area contributed by atoms with Gasteiger partial charge in [0.1, 0.15) is 5.70 Å². The maximum Gasteiger partial charge on any atom is 1.00 e. The number of aliphatic imine (C=N–C) groups is 1. The Labute approximate surface area is 199 Å². The summed E-state index contributed by atoms with van der Waals surface area (Å²) in [7, 11) is 2.40. The van der Waals surface area contributed by atoms with Crippen LogP contribution in [0.3, 0.4) is 0 Å². The van der Waals surface area contributed by atoms with E-state index < -0.39 is 23.8 Å². The third-order valence-corrected chi connectivity index (χ3v) is 4.24. The van der Waals surface area contributed by atoms with E-state index in [0.29, 0.717) is 5.69 Å². The molecule has 3 rings (SSSR count). The maximum atomic E-state index is 12.8. The first-order valence-electron chi connectivity index (χ1n) is 7.02. The Bertz CT molecular complexity index is 892. The molecule has 0 aliphatic carbocycles. The van der Waals surface area contributed by atoms with Gasteiger partial charge in [0.05, 0.1) is 24.3 Å². The van der Waals surface area contributed by atoms with Gasteiger partial charge in [-0.1, -0.05) is 15.9 Å². The van der Waals surface area contributed by atoms with Gasteiger partial charge in [-0.3, -0.25) is 14.5 Å². The SMILES string of the molecule is COC(=O)C1=CN(c2ccc(Br)cc2)C(=O)/C1=C1/N=C([O-])N(C)C1=O.[K+]. The van der Waals surface area contributed by atoms with Crippen LogP contribution in [0.15, 0.2) is 56.8 Å². The molecule has 2 amide bonds. The number of hydrogen-bond donors (Lipinski definition) is 0. The molecule has 1 aromatic rings. The third kappa shape index (κ3) is 3.57. The van der Waals surface area contributed by atoms with E-state index in [2.05, 4.69) is 25.7 Å². The van der Waals surface area contributed by atoms with Crippen molar-refractivity contribution in [3.63, 3.8) is 0 Å². The minimum Gasteiger partial charge on any atom is -0.846 e. The maximum absolute atomic E-state index is 12.8. The zero-order valence-electron chi connectivity index (χ0n) is 14.1. The summed E-state index contributed by atoms with van der Waals surface area (Å²) in [5.41, 5.74) is -0.271. The Kier molecular flexibility index (Phi) is 6.58. The normalized spacial score (nSPS) is 19.3. The van der Waals surface area contributed by atoms with Gasteiger partial charge >= 0.3 is 57.4 Å². The summed E-state index contributed by atoms with van der Waals surface area (Å²) in [6, 6.07) is 5.97. The van der Waals surface area contributed by atoms with Crippen molar-refractivity contribution >= 4 is 45.4 Å². The average Bonchev–Trinajstić information content (AvgIpc) is 3.06. The molecular weight excluding hydrogens is 433 g/mol. The average molecular weight is 444 g/mol. The summed E-state index contributed by atoms with van der Waals surface area (Å²) in [4.78, 5) is 42.7. The van der Waals surface area contributed by atoms with Crippen molar-refractivity contribution in [2.45, 2.75) is 0 Å². The zero-order chi connectivity index (χ0) is 18.3. The minimum absolute atomic E-state index is 0. The number of halogens is 1. The van der Waals surface area contributed by atoms with Crippen molar-refractivity contribution < 1.29 is 75.6 Å². The number of anilines is 1. The Hall–Kier alpha value is -1.30. The zero-order valence-corrected chi connectivity index (χ0v) is 18.9. The van der Waals surface area contributed by atoms with E-state index in [1.165, 1.54) is 18.1 Å². The molecule has 0 spiro atoms. The van der Waals surface area contributed by atoms with E-state index in [1.807, 2.05) is 0 Å². The predicted octanol–water partition coefficient (Wildman–Crippen LogP) is -2.70. The molecule has 10 heteroatoms. The number of rotatable bonds is 2. The van der Waals surface area contributed by atoms with Crippen LogP contribution in [0.5, 0.6) is 0 Å². The first kappa shape index (κ1) is 21.0. The predicted molar refractivity (Wildman–Crippen MR) is 89.0 cm³/mol. The molecule has 26 heavy (non-hydrogen) atoms. The summed E-state index contributed by atoms with van der Waals surface area (Å²) in [5.74, 6) is -2.20. The molecule has 0 saturated heterocycles. The van der Waals surface area contributed by atoms with Crippen molar-refractivity contribution in [2.75, 3.05) is 19.1 Å². The van der Waals surface area contributed by atoms with Crippen LogP contribution in [0.4, 0.5) is 5.69 Å². The van der Waals surface area contributed by atoms with Gasteiger partial charge in [0.25, 0.3) is 11.8 Å². The van der Waals surface area contributed by atoms with Gasteiger partial charge in [0.2, 0.25) is 0 Å². The second-order valence-electron chi connectivity index (χ2n) is 5.17. The van der Waals surface area contributed by atoms with Crippen LogP contribution in [-0.4, -0.2) is 42.9 Å². The Morgan fingerprint density at radius 3 is 2.31 bits per heavy atom. The number of hydrogen-bond acceptors (Lipinski definition) is 6. The summed E-state index contributed by atoms with van der Waals surface area (Å²) in [6.45, 7) is 0. The van der Waals surface area contributed by atoms with Crippen LogP contribution >= 0.6 is 15.9 Å². The van der Waals surface area contributed by atoms with Gasteiger partial charge in [-0.2, -0.15) is 0 Å². The van der Waals surface area contributed by atoms with Crippen LogP contribution in [0, 0.1) is 0 Å². The van der Waals surface area contributed by atoms with Crippen LogP contribution in [0.2, 0.25) is 0 Å². The van der Waals surface area contributed by atoms with E-state index in [4.69, 9.17) is 0 Å². The first-order chi connectivity index (χ1) is 11.8. The van der Waals surface area contributed by atoms with Gasteiger partial charge in [0, 0.05) is 23.4 Å². The number of amides is 2. The second-order valence-corrected chi connectivity index (χ2v) is 6.08. The number of nitrogens with zero attached hydrogens (tertiary/aromatic N) is 3. The molecule has 2 aliphatic heterocycles. The van der Waals surface area contributed by atoms with E-state index >= 15 is 0 Å². The number of carbonyl (C=O) groups excluding carboxylic acids is 3. The molecule has 0 radical (unpaired) electrons. The molecule has 128 valence electrons. The van der Waals surface area contributed by atoms with Crippen molar-refractivity contribution in [3.8, 4) is 0 Å². The molecule has 0 fully saturated rings. The number of ether oxygens (including phenoxy) is 1. The van der Waals surface area contributed by atoms with Gasteiger partial charge in [0.15, 0.2) is 0 Å². The fourth-order valence-electron chi connectivity index (χ4n) is 2.40. The van der Waals surface area contributed by atoms with Gasteiger partial charge < -0.3 is 14.7 Å². The topological polar surface area (TPSA) is 102 Å². The number of methoxy groups -OCH3 is 1.